The van der Waals surface area contributed by atoms with Crippen LogP contribution in [-0.4, -0.2) is 29.0 Å². The lowest BCUT2D eigenvalue weighted by Gasteiger charge is -2.05. The number of amides is 3. The van der Waals surface area contributed by atoms with Gasteiger partial charge in [0.15, 0.2) is 0 Å². The van der Waals surface area contributed by atoms with Crippen LogP contribution < -0.4 is 16.5 Å². The number of carbonyl (C=O) groups excluding carboxylic acids is 3. The highest BCUT2D eigenvalue weighted by molar-refractivity contribution is 9.11. The predicted octanol–water partition coefficient (Wildman–Crippen LogP) is 2.10. The average molecular weight is 484 g/mol. The Balaban J connectivity index is 1.97. The third kappa shape index (κ3) is 5.14. The van der Waals surface area contributed by atoms with Gasteiger partial charge in [0.05, 0.1) is 10.7 Å². The van der Waals surface area contributed by atoms with Gasteiger partial charge in [-0.25, -0.2) is 5.43 Å². The van der Waals surface area contributed by atoms with Crippen molar-refractivity contribution in [3.63, 3.8) is 0 Å². The van der Waals surface area contributed by atoms with E-state index in [9.17, 15) is 19.5 Å². The van der Waals surface area contributed by atoms with Crippen LogP contribution in [0.25, 0.3) is 0 Å². The van der Waals surface area contributed by atoms with Gasteiger partial charge in [-0.1, -0.05) is 15.9 Å². The van der Waals surface area contributed by atoms with Gasteiger partial charge < -0.3 is 16.2 Å². The highest BCUT2D eigenvalue weighted by atomic mass is 79.9. The number of nitrogens with one attached hydrogen (secondary N) is 2. The molecule has 0 saturated heterocycles. The standard InChI is InChI=1S/C16H12Br2N4O4/c17-10-5-9(13(23)12(18)6-10)7-20-22-16(26)15(25)21-11-3-1-8(2-4-11)14(19)24/h1-7,23H,(H2,19,24)(H,21,25)(H,22,26). The Morgan fingerprint density at radius 2 is 1.73 bits per heavy atom. The van der Waals surface area contributed by atoms with Crippen molar-refractivity contribution in [2.24, 2.45) is 10.8 Å². The molecular weight excluding hydrogens is 472 g/mol. The number of phenolic OH excluding ortho intramolecular Hbond substituents is 1. The fourth-order valence-electron chi connectivity index (χ4n) is 1.80. The number of nitrogens with zero attached hydrogens (tertiary/aromatic N) is 1. The van der Waals surface area contributed by atoms with E-state index in [0.717, 1.165) is 0 Å². The van der Waals surface area contributed by atoms with Crippen LogP contribution in [0.2, 0.25) is 0 Å². The topological polar surface area (TPSA) is 134 Å². The van der Waals surface area contributed by atoms with Crippen molar-refractivity contribution >= 4 is 61.5 Å². The molecule has 2 rings (SSSR count). The minimum Gasteiger partial charge on any atom is -0.506 e. The zero-order valence-electron chi connectivity index (χ0n) is 13.0. The van der Waals surface area contributed by atoms with E-state index in [-0.39, 0.29) is 11.3 Å². The Bertz CT molecular complexity index is 898. The first-order valence-corrected chi connectivity index (χ1v) is 8.59. The van der Waals surface area contributed by atoms with Crippen LogP contribution in [0.1, 0.15) is 15.9 Å². The summed E-state index contributed by atoms with van der Waals surface area (Å²) < 4.78 is 1.13. The first kappa shape index (κ1) is 19.6. The molecule has 0 saturated carbocycles. The Hall–Kier alpha value is -2.72. The van der Waals surface area contributed by atoms with Gasteiger partial charge in [-0.05, 0) is 52.3 Å². The molecule has 0 bridgehead atoms. The summed E-state index contributed by atoms with van der Waals surface area (Å²) in [7, 11) is 0. The molecule has 0 heterocycles. The van der Waals surface area contributed by atoms with Crippen LogP contribution in [0.5, 0.6) is 5.75 Å². The zero-order chi connectivity index (χ0) is 19.3. The molecule has 0 aliphatic heterocycles. The number of anilines is 1. The van der Waals surface area contributed by atoms with Gasteiger partial charge >= 0.3 is 11.8 Å². The summed E-state index contributed by atoms with van der Waals surface area (Å²) in [6.45, 7) is 0. The first-order chi connectivity index (χ1) is 12.3. The fraction of sp³-hybridized carbons (Fsp3) is 0. The number of benzene rings is 2. The highest BCUT2D eigenvalue weighted by Gasteiger charge is 2.13. The number of hydrogen-bond donors (Lipinski definition) is 4. The molecule has 8 nitrogen and oxygen atoms in total. The molecule has 10 heteroatoms. The van der Waals surface area contributed by atoms with Crippen molar-refractivity contribution in [1.82, 2.24) is 5.43 Å². The number of hydrogen-bond acceptors (Lipinski definition) is 5. The van der Waals surface area contributed by atoms with E-state index < -0.39 is 17.7 Å². The van der Waals surface area contributed by atoms with Crippen molar-refractivity contribution in [1.29, 1.82) is 0 Å². The molecule has 0 unspecified atom stereocenters. The third-order valence-electron chi connectivity index (χ3n) is 3.06. The molecule has 0 fully saturated rings. The normalized spacial score (nSPS) is 10.5. The van der Waals surface area contributed by atoms with E-state index in [0.29, 0.717) is 20.2 Å². The van der Waals surface area contributed by atoms with Crippen molar-refractivity contribution < 1.29 is 19.5 Å². The van der Waals surface area contributed by atoms with Gasteiger partial charge in [-0.15, -0.1) is 0 Å². The zero-order valence-corrected chi connectivity index (χ0v) is 16.2. The van der Waals surface area contributed by atoms with Gasteiger partial charge in [0.25, 0.3) is 0 Å². The number of carbonyl (C=O) groups is 3. The second-order valence-electron chi connectivity index (χ2n) is 4.92. The molecule has 0 radical (unpaired) electrons. The second-order valence-corrected chi connectivity index (χ2v) is 6.69. The summed E-state index contributed by atoms with van der Waals surface area (Å²) in [6, 6.07) is 8.93. The number of primary amides is 1. The van der Waals surface area contributed by atoms with Crippen LogP contribution in [0, 0.1) is 0 Å². The van der Waals surface area contributed by atoms with E-state index >= 15 is 0 Å². The molecule has 0 spiro atoms. The largest absolute Gasteiger partial charge is 0.506 e. The molecule has 26 heavy (non-hydrogen) atoms. The number of hydrazone groups is 1. The van der Waals surface area contributed by atoms with Gasteiger partial charge in [-0.2, -0.15) is 5.10 Å². The maximum absolute atomic E-state index is 11.8. The van der Waals surface area contributed by atoms with Gasteiger partial charge in [-0.3, -0.25) is 14.4 Å². The number of phenols is 1. The van der Waals surface area contributed by atoms with Crippen molar-refractivity contribution in [2.75, 3.05) is 5.32 Å². The van der Waals surface area contributed by atoms with Gasteiger partial charge in [0, 0.05) is 21.3 Å². The third-order valence-corrected chi connectivity index (χ3v) is 4.12. The average Bonchev–Trinajstić information content (AvgIpc) is 2.59. The SMILES string of the molecule is NC(=O)c1ccc(NC(=O)C(=O)NN=Cc2cc(Br)cc(Br)c2O)cc1. The maximum atomic E-state index is 11.8. The lowest BCUT2D eigenvalue weighted by atomic mass is 10.2. The van der Waals surface area contributed by atoms with Crippen LogP contribution in [0.4, 0.5) is 5.69 Å². The molecule has 0 aliphatic rings. The Morgan fingerprint density at radius 3 is 2.35 bits per heavy atom. The Labute approximate surface area is 164 Å². The summed E-state index contributed by atoms with van der Waals surface area (Å²) in [5.74, 6) is -2.62. The number of nitrogens with two attached hydrogens (primary N) is 1. The molecule has 3 amide bonds. The molecule has 2 aromatic rings. The first-order valence-electron chi connectivity index (χ1n) is 7.00. The molecular formula is C16H12Br2N4O4. The maximum Gasteiger partial charge on any atom is 0.329 e. The van der Waals surface area contributed by atoms with E-state index in [2.05, 4.69) is 42.3 Å². The molecule has 5 N–H and O–H groups in total. The van der Waals surface area contributed by atoms with Crippen molar-refractivity contribution in [3.8, 4) is 5.75 Å². The summed E-state index contributed by atoms with van der Waals surface area (Å²) in [5, 5.41) is 15.8. The summed E-state index contributed by atoms with van der Waals surface area (Å²) in [4.78, 5) is 34.5. The minimum absolute atomic E-state index is 0.0646. The minimum atomic E-state index is -1.01. The number of aromatic hydroxyl groups is 1. The predicted molar refractivity (Wildman–Crippen MR) is 103 cm³/mol. The van der Waals surface area contributed by atoms with Crippen LogP contribution >= 0.6 is 31.9 Å². The van der Waals surface area contributed by atoms with Gasteiger partial charge in [0.2, 0.25) is 5.91 Å². The molecule has 134 valence electrons. The lowest BCUT2D eigenvalue weighted by Crippen LogP contribution is -2.32. The smallest absolute Gasteiger partial charge is 0.329 e. The van der Waals surface area contributed by atoms with Crippen molar-refractivity contribution in [3.05, 3.63) is 56.5 Å². The molecule has 2 aromatic carbocycles. The summed E-state index contributed by atoms with van der Waals surface area (Å²) >= 11 is 6.43. The van der Waals surface area contributed by atoms with E-state index in [4.69, 9.17) is 5.73 Å². The van der Waals surface area contributed by atoms with Gasteiger partial charge in [0.1, 0.15) is 5.75 Å². The van der Waals surface area contributed by atoms with E-state index in [1.54, 1.807) is 12.1 Å². The second kappa shape index (κ2) is 8.59. The van der Waals surface area contributed by atoms with Crippen LogP contribution in [-0.2, 0) is 9.59 Å². The van der Waals surface area contributed by atoms with Crippen molar-refractivity contribution in [2.45, 2.75) is 0 Å². The highest BCUT2D eigenvalue weighted by Crippen LogP contribution is 2.30. The van der Waals surface area contributed by atoms with E-state index in [1.165, 1.54) is 30.5 Å². The number of rotatable bonds is 4. The Kier molecular flexibility index (Phi) is 6.47. The summed E-state index contributed by atoms with van der Waals surface area (Å²) in [5.41, 5.74) is 8.08. The quantitative estimate of drug-likeness (QED) is 0.301. The molecule has 0 aliphatic carbocycles. The van der Waals surface area contributed by atoms with E-state index in [1.807, 2.05) is 5.43 Å². The lowest BCUT2D eigenvalue weighted by molar-refractivity contribution is -0.136. The number of halogens is 2. The molecule has 0 atom stereocenters. The fourth-order valence-corrected chi connectivity index (χ4v) is 3.06. The molecule has 0 aromatic heterocycles. The van der Waals surface area contributed by atoms with Crippen LogP contribution in [0.3, 0.4) is 0 Å². The monoisotopic (exact) mass is 482 g/mol. The summed E-state index contributed by atoms with van der Waals surface area (Å²) in [6.07, 6.45) is 1.19. The Morgan fingerprint density at radius 1 is 1.08 bits per heavy atom. The van der Waals surface area contributed by atoms with Crippen LogP contribution in [0.15, 0.2) is 50.4 Å².